The molecule has 0 unspecified atom stereocenters. The highest BCUT2D eigenvalue weighted by Crippen LogP contribution is 2.44. The van der Waals surface area contributed by atoms with Crippen LogP contribution < -0.4 is 5.32 Å². The molecular formula is C21H29NO2. The smallest absolute Gasteiger partial charge is 0.256 e. The highest BCUT2D eigenvalue weighted by molar-refractivity contribution is 6.24. The first-order chi connectivity index (χ1) is 11.4. The average molecular weight is 327 g/mol. The number of carbonyl (C=O) groups is 1. The Kier molecular flexibility index (Phi) is 4.46. The third kappa shape index (κ3) is 2.64. The third-order valence-corrected chi connectivity index (χ3v) is 5.91. The minimum absolute atomic E-state index is 0.107. The van der Waals surface area contributed by atoms with E-state index in [1.54, 1.807) is 0 Å². The zero-order valence-corrected chi connectivity index (χ0v) is 15.3. The summed E-state index contributed by atoms with van der Waals surface area (Å²) in [6.45, 7) is 8.55. The fourth-order valence-electron chi connectivity index (χ4n) is 4.32. The first kappa shape index (κ1) is 17.1. The van der Waals surface area contributed by atoms with Gasteiger partial charge in [0, 0.05) is 0 Å². The molecule has 3 rings (SSSR count). The molecule has 1 heterocycles. The van der Waals surface area contributed by atoms with Crippen LogP contribution in [0.5, 0.6) is 0 Å². The summed E-state index contributed by atoms with van der Waals surface area (Å²) < 4.78 is 0. The van der Waals surface area contributed by atoms with Crippen LogP contribution in [-0.2, 0) is 17.6 Å². The van der Waals surface area contributed by atoms with Crippen molar-refractivity contribution in [2.24, 2.45) is 5.92 Å². The molecule has 1 aromatic carbocycles. The Morgan fingerprint density at radius 2 is 1.88 bits per heavy atom. The second kappa shape index (κ2) is 6.27. The number of aliphatic hydroxyl groups is 1. The van der Waals surface area contributed by atoms with E-state index < -0.39 is 5.54 Å². The molecule has 1 aromatic rings. The van der Waals surface area contributed by atoms with Crippen LogP contribution in [0.4, 0.5) is 0 Å². The molecule has 0 aromatic heterocycles. The Bertz CT molecular complexity index is 694. The summed E-state index contributed by atoms with van der Waals surface area (Å²) in [6.07, 6.45) is 5.61. The van der Waals surface area contributed by atoms with E-state index in [1.807, 2.05) is 0 Å². The van der Waals surface area contributed by atoms with Gasteiger partial charge in [-0.25, -0.2) is 0 Å². The Morgan fingerprint density at radius 1 is 1.21 bits per heavy atom. The molecule has 3 heteroatoms. The molecule has 1 aliphatic carbocycles. The second-order valence-corrected chi connectivity index (χ2v) is 7.60. The lowest BCUT2D eigenvalue weighted by atomic mass is 9.76. The van der Waals surface area contributed by atoms with Crippen molar-refractivity contribution in [1.29, 1.82) is 0 Å². The topological polar surface area (TPSA) is 49.3 Å². The third-order valence-electron chi connectivity index (χ3n) is 5.91. The number of benzene rings is 1. The minimum Gasteiger partial charge on any atom is -0.509 e. The number of hydrogen-bond donors (Lipinski definition) is 2. The SMILES string of the molecule is CCc1cc(C)c(C2=C(O)C3(CCC(C)CC3)NC2=O)c(CC)c1. The maximum Gasteiger partial charge on any atom is 0.256 e. The molecule has 2 N–H and O–H groups in total. The molecule has 24 heavy (non-hydrogen) atoms. The van der Waals surface area contributed by atoms with Gasteiger partial charge in [0.15, 0.2) is 0 Å². The van der Waals surface area contributed by atoms with Crippen LogP contribution in [0.3, 0.4) is 0 Å². The summed E-state index contributed by atoms with van der Waals surface area (Å²) in [7, 11) is 0. The molecule has 2 aliphatic rings. The summed E-state index contributed by atoms with van der Waals surface area (Å²) in [5.74, 6) is 0.840. The van der Waals surface area contributed by atoms with Gasteiger partial charge in [0.05, 0.1) is 11.1 Å². The first-order valence-corrected chi connectivity index (χ1v) is 9.30. The summed E-state index contributed by atoms with van der Waals surface area (Å²) in [4.78, 5) is 12.8. The highest BCUT2D eigenvalue weighted by Gasteiger charge is 2.47. The quantitative estimate of drug-likeness (QED) is 0.860. The predicted octanol–water partition coefficient (Wildman–Crippen LogP) is 4.47. The number of nitrogens with one attached hydrogen (secondary N) is 1. The lowest BCUT2D eigenvalue weighted by Gasteiger charge is -2.36. The zero-order valence-electron chi connectivity index (χ0n) is 15.3. The number of rotatable bonds is 3. The normalized spacial score (nSPS) is 27.0. The van der Waals surface area contributed by atoms with Gasteiger partial charge in [-0.05, 0) is 73.6 Å². The van der Waals surface area contributed by atoms with Crippen LogP contribution in [0.15, 0.2) is 17.9 Å². The van der Waals surface area contributed by atoms with Gasteiger partial charge < -0.3 is 10.4 Å². The van der Waals surface area contributed by atoms with E-state index >= 15 is 0 Å². The molecule has 1 saturated carbocycles. The van der Waals surface area contributed by atoms with E-state index in [0.717, 1.165) is 55.2 Å². The number of aryl methyl sites for hydroxylation is 3. The van der Waals surface area contributed by atoms with Gasteiger partial charge >= 0.3 is 0 Å². The first-order valence-electron chi connectivity index (χ1n) is 9.30. The van der Waals surface area contributed by atoms with Crippen molar-refractivity contribution in [2.75, 3.05) is 0 Å². The van der Waals surface area contributed by atoms with E-state index in [-0.39, 0.29) is 11.7 Å². The van der Waals surface area contributed by atoms with Gasteiger partial charge in [-0.15, -0.1) is 0 Å². The zero-order chi connectivity index (χ0) is 17.5. The van der Waals surface area contributed by atoms with Crippen molar-refractivity contribution >= 4 is 11.5 Å². The fraction of sp³-hybridized carbons (Fsp3) is 0.571. The maximum atomic E-state index is 12.8. The van der Waals surface area contributed by atoms with Gasteiger partial charge in [0.2, 0.25) is 0 Å². The van der Waals surface area contributed by atoms with Crippen LogP contribution in [0.2, 0.25) is 0 Å². The van der Waals surface area contributed by atoms with Crippen molar-refractivity contribution in [3.63, 3.8) is 0 Å². The van der Waals surface area contributed by atoms with Crippen LogP contribution >= 0.6 is 0 Å². The average Bonchev–Trinajstić information content (AvgIpc) is 2.80. The van der Waals surface area contributed by atoms with Crippen molar-refractivity contribution in [2.45, 2.75) is 71.8 Å². The summed E-state index contributed by atoms with van der Waals surface area (Å²) >= 11 is 0. The maximum absolute atomic E-state index is 12.8. The molecule has 1 fully saturated rings. The Labute approximate surface area is 145 Å². The van der Waals surface area contributed by atoms with E-state index in [1.165, 1.54) is 5.56 Å². The molecule has 0 bridgehead atoms. The van der Waals surface area contributed by atoms with Crippen molar-refractivity contribution in [3.05, 3.63) is 40.1 Å². The van der Waals surface area contributed by atoms with Gasteiger partial charge in [0.25, 0.3) is 5.91 Å². The van der Waals surface area contributed by atoms with E-state index in [0.29, 0.717) is 11.5 Å². The lowest BCUT2D eigenvalue weighted by Crippen LogP contribution is -2.47. The standard InChI is InChI=1S/C21H29NO2/c1-5-15-11-14(4)17(16(6-2)12-15)18-19(23)21(22-20(18)24)9-7-13(3)8-10-21/h11-13,23H,5-10H2,1-4H3,(H,22,24). The van der Waals surface area contributed by atoms with Crippen LogP contribution in [-0.4, -0.2) is 16.6 Å². The largest absolute Gasteiger partial charge is 0.509 e. The van der Waals surface area contributed by atoms with E-state index in [2.05, 4.69) is 45.1 Å². The molecule has 1 aliphatic heterocycles. The Hall–Kier alpha value is -1.77. The molecule has 3 nitrogen and oxygen atoms in total. The monoisotopic (exact) mass is 327 g/mol. The summed E-state index contributed by atoms with van der Waals surface area (Å²) in [5.41, 5.74) is 4.46. The highest BCUT2D eigenvalue weighted by atomic mass is 16.3. The molecule has 0 saturated heterocycles. The van der Waals surface area contributed by atoms with Crippen LogP contribution in [0, 0.1) is 12.8 Å². The predicted molar refractivity (Wildman–Crippen MR) is 98.0 cm³/mol. The van der Waals surface area contributed by atoms with Crippen molar-refractivity contribution in [1.82, 2.24) is 5.32 Å². The molecule has 0 atom stereocenters. The molecule has 1 amide bonds. The minimum atomic E-state index is -0.528. The number of aliphatic hydroxyl groups excluding tert-OH is 1. The molecule has 130 valence electrons. The molecule has 0 radical (unpaired) electrons. The van der Waals surface area contributed by atoms with Crippen molar-refractivity contribution in [3.8, 4) is 0 Å². The Morgan fingerprint density at radius 3 is 2.46 bits per heavy atom. The van der Waals surface area contributed by atoms with Crippen LogP contribution in [0.25, 0.3) is 5.57 Å². The van der Waals surface area contributed by atoms with Gasteiger partial charge in [-0.3, -0.25) is 4.79 Å². The van der Waals surface area contributed by atoms with Gasteiger partial charge in [-0.1, -0.05) is 32.9 Å². The number of amides is 1. The number of carbonyl (C=O) groups excluding carboxylic acids is 1. The summed E-state index contributed by atoms with van der Waals surface area (Å²) in [6, 6.07) is 4.33. The van der Waals surface area contributed by atoms with Crippen LogP contribution in [0.1, 0.15) is 68.7 Å². The second-order valence-electron chi connectivity index (χ2n) is 7.60. The molecule has 1 spiro atoms. The molecular weight excluding hydrogens is 298 g/mol. The Balaban J connectivity index is 2.11. The lowest BCUT2D eigenvalue weighted by molar-refractivity contribution is -0.116. The fourth-order valence-corrected chi connectivity index (χ4v) is 4.32. The summed E-state index contributed by atoms with van der Waals surface area (Å²) in [5, 5.41) is 14.2. The van der Waals surface area contributed by atoms with E-state index in [9.17, 15) is 9.90 Å². The van der Waals surface area contributed by atoms with Crippen molar-refractivity contribution < 1.29 is 9.90 Å². The van der Waals surface area contributed by atoms with Gasteiger partial charge in [0.1, 0.15) is 5.76 Å². The number of hydrogen-bond acceptors (Lipinski definition) is 2. The van der Waals surface area contributed by atoms with E-state index in [4.69, 9.17) is 0 Å². The van der Waals surface area contributed by atoms with Gasteiger partial charge in [-0.2, -0.15) is 0 Å².